The zero-order chi connectivity index (χ0) is 32.3. The fourth-order valence-electron chi connectivity index (χ4n) is 6.31. The van der Waals surface area contributed by atoms with Crippen LogP contribution in [0.1, 0.15) is 28.4 Å². The minimum atomic E-state index is -0.233. The number of benzene rings is 7. The Morgan fingerprint density at radius 2 is 0.938 bits per heavy atom. The molecule has 0 aromatic heterocycles. The molecule has 0 amide bonds. The summed E-state index contributed by atoms with van der Waals surface area (Å²) in [7, 11) is 0. The van der Waals surface area contributed by atoms with Crippen molar-refractivity contribution >= 4 is 22.4 Å². The molecule has 0 fully saturated rings. The molecule has 7 aromatic rings. The highest BCUT2D eigenvalue weighted by atomic mass is 15.2. The molecule has 4 heteroatoms. The molecule has 4 nitrogen and oxygen atoms in total. The number of hydrogen-bond donors (Lipinski definition) is 1. The Morgan fingerprint density at radius 1 is 0.458 bits per heavy atom. The van der Waals surface area contributed by atoms with E-state index in [9.17, 15) is 0 Å². The molecule has 0 saturated carbocycles. The molecular formula is C44H30N4. The number of nitrogens with zero attached hydrogens (tertiary/aromatic N) is 3. The summed E-state index contributed by atoms with van der Waals surface area (Å²) >= 11 is 0. The number of aliphatic imine (C=N–C) groups is 2. The molecule has 1 heterocycles. The van der Waals surface area contributed by atoms with E-state index in [2.05, 4.69) is 121 Å². The molecule has 0 radical (unpaired) electrons. The monoisotopic (exact) mass is 614 g/mol. The highest BCUT2D eigenvalue weighted by Gasteiger charge is 2.21. The number of hydrogen-bond acceptors (Lipinski definition) is 4. The van der Waals surface area contributed by atoms with Gasteiger partial charge in [0.25, 0.3) is 0 Å². The second-order valence-electron chi connectivity index (χ2n) is 11.8. The van der Waals surface area contributed by atoms with Crippen molar-refractivity contribution in [2.24, 2.45) is 9.98 Å². The molecule has 1 aliphatic heterocycles. The van der Waals surface area contributed by atoms with Gasteiger partial charge in [-0.15, -0.1) is 0 Å². The summed E-state index contributed by atoms with van der Waals surface area (Å²) in [5.74, 6) is 1.52. The van der Waals surface area contributed by atoms with Crippen LogP contribution in [0.5, 0.6) is 0 Å². The van der Waals surface area contributed by atoms with Crippen molar-refractivity contribution in [3.8, 4) is 39.4 Å². The highest BCUT2D eigenvalue weighted by Crippen LogP contribution is 2.36. The standard InChI is InChI=1S/C44H30N4/c45-29-30-15-17-31(18-16-30)32-19-21-33(22-20-32)38-27-28-39(41-14-8-7-13-40(38)41)34-23-25-37(26-24-34)44-47-42(35-9-3-1-4-10-35)46-43(48-44)36-11-5-2-6-12-36/h1-28,42H,(H,46,47,48). The lowest BCUT2D eigenvalue weighted by molar-refractivity contribution is 0.674. The Hall–Kier alpha value is -6.57. The molecule has 1 aliphatic rings. The Kier molecular flexibility index (Phi) is 7.62. The van der Waals surface area contributed by atoms with Crippen molar-refractivity contribution in [2.75, 3.05) is 0 Å². The second kappa shape index (κ2) is 12.7. The van der Waals surface area contributed by atoms with Crippen LogP contribution in [-0.2, 0) is 0 Å². The maximum atomic E-state index is 9.13. The predicted octanol–water partition coefficient (Wildman–Crippen LogP) is 10.2. The number of rotatable bonds is 6. The van der Waals surface area contributed by atoms with Gasteiger partial charge < -0.3 is 5.32 Å². The van der Waals surface area contributed by atoms with E-state index >= 15 is 0 Å². The molecule has 0 bridgehead atoms. The van der Waals surface area contributed by atoms with Gasteiger partial charge in [0.05, 0.1) is 11.6 Å². The average molecular weight is 615 g/mol. The molecule has 7 aromatic carbocycles. The van der Waals surface area contributed by atoms with E-state index < -0.39 is 0 Å². The summed E-state index contributed by atoms with van der Waals surface area (Å²) in [5, 5.41) is 15.1. The first-order valence-electron chi connectivity index (χ1n) is 16.0. The number of fused-ring (bicyclic) bond motifs is 1. The zero-order valence-electron chi connectivity index (χ0n) is 26.1. The van der Waals surface area contributed by atoms with Gasteiger partial charge in [-0.3, -0.25) is 0 Å². The van der Waals surface area contributed by atoms with Gasteiger partial charge in [-0.25, -0.2) is 9.98 Å². The van der Waals surface area contributed by atoms with Crippen molar-refractivity contribution in [1.29, 1.82) is 5.26 Å². The van der Waals surface area contributed by atoms with Gasteiger partial charge in [0.2, 0.25) is 0 Å². The van der Waals surface area contributed by atoms with E-state index in [0.717, 1.165) is 44.8 Å². The first kappa shape index (κ1) is 28.9. The van der Waals surface area contributed by atoms with Gasteiger partial charge in [0.15, 0.2) is 5.84 Å². The van der Waals surface area contributed by atoms with Crippen LogP contribution in [0.15, 0.2) is 180 Å². The van der Waals surface area contributed by atoms with Crippen molar-refractivity contribution in [3.63, 3.8) is 0 Å². The largest absolute Gasteiger partial charge is 0.344 e. The van der Waals surface area contributed by atoms with Crippen LogP contribution in [0.25, 0.3) is 44.2 Å². The van der Waals surface area contributed by atoms with Crippen LogP contribution in [0.3, 0.4) is 0 Å². The Bertz CT molecular complexity index is 2330. The summed E-state index contributed by atoms with van der Waals surface area (Å²) < 4.78 is 0. The average Bonchev–Trinajstić information content (AvgIpc) is 3.18. The molecular weight excluding hydrogens is 585 g/mol. The lowest BCUT2D eigenvalue weighted by atomic mass is 9.91. The SMILES string of the molecule is N#Cc1ccc(-c2ccc(-c3ccc(-c4ccc(C5=NC(c6ccccc6)=NC(c6ccccc6)N5)cc4)c4ccccc34)cc2)cc1. The first-order valence-corrected chi connectivity index (χ1v) is 16.0. The van der Waals surface area contributed by atoms with Crippen LogP contribution in [0, 0.1) is 11.3 Å². The van der Waals surface area contributed by atoms with E-state index in [1.807, 2.05) is 60.7 Å². The summed E-state index contributed by atoms with van der Waals surface area (Å²) in [6, 6.07) is 60.7. The third kappa shape index (κ3) is 5.66. The number of nitrogens with one attached hydrogen (secondary N) is 1. The van der Waals surface area contributed by atoms with Crippen molar-refractivity contribution in [3.05, 3.63) is 192 Å². The quantitative estimate of drug-likeness (QED) is 0.203. The van der Waals surface area contributed by atoms with Crippen molar-refractivity contribution in [2.45, 2.75) is 6.17 Å². The molecule has 1 N–H and O–H groups in total. The number of amidine groups is 2. The van der Waals surface area contributed by atoms with Gasteiger partial charge in [-0.2, -0.15) is 5.26 Å². The molecule has 0 aliphatic carbocycles. The van der Waals surface area contributed by atoms with E-state index in [-0.39, 0.29) is 6.17 Å². The van der Waals surface area contributed by atoms with E-state index in [0.29, 0.717) is 11.4 Å². The van der Waals surface area contributed by atoms with E-state index in [1.54, 1.807) is 0 Å². The Morgan fingerprint density at radius 3 is 1.50 bits per heavy atom. The molecule has 0 saturated heterocycles. The van der Waals surface area contributed by atoms with E-state index in [4.69, 9.17) is 15.2 Å². The predicted molar refractivity (Wildman–Crippen MR) is 197 cm³/mol. The normalized spacial score (nSPS) is 14.0. The Labute approximate surface area is 280 Å². The third-order valence-corrected chi connectivity index (χ3v) is 8.83. The first-order chi connectivity index (χ1) is 23.7. The molecule has 8 rings (SSSR count). The lowest BCUT2D eigenvalue weighted by Gasteiger charge is -2.23. The van der Waals surface area contributed by atoms with Gasteiger partial charge >= 0.3 is 0 Å². The van der Waals surface area contributed by atoms with Crippen LogP contribution >= 0.6 is 0 Å². The maximum Gasteiger partial charge on any atom is 0.159 e. The molecule has 226 valence electrons. The minimum absolute atomic E-state index is 0.233. The number of nitriles is 1. The summed E-state index contributed by atoms with van der Waals surface area (Å²) in [5.41, 5.74) is 10.7. The molecule has 0 spiro atoms. The van der Waals surface area contributed by atoms with Crippen molar-refractivity contribution in [1.82, 2.24) is 5.32 Å². The van der Waals surface area contributed by atoms with Crippen LogP contribution in [-0.4, -0.2) is 11.7 Å². The highest BCUT2D eigenvalue weighted by molar-refractivity contribution is 6.13. The van der Waals surface area contributed by atoms with E-state index in [1.165, 1.54) is 21.9 Å². The lowest BCUT2D eigenvalue weighted by Crippen LogP contribution is -2.33. The second-order valence-corrected chi connectivity index (χ2v) is 11.8. The van der Waals surface area contributed by atoms with Crippen molar-refractivity contribution < 1.29 is 0 Å². The fraction of sp³-hybridized carbons (Fsp3) is 0.0227. The smallest absolute Gasteiger partial charge is 0.159 e. The zero-order valence-corrected chi connectivity index (χ0v) is 26.1. The molecule has 1 atom stereocenters. The molecule has 48 heavy (non-hydrogen) atoms. The summed E-state index contributed by atoms with van der Waals surface area (Å²) in [4.78, 5) is 9.94. The minimum Gasteiger partial charge on any atom is -0.344 e. The van der Waals surface area contributed by atoms with Crippen LogP contribution < -0.4 is 5.32 Å². The van der Waals surface area contributed by atoms with Crippen LogP contribution in [0.4, 0.5) is 0 Å². The van der Waals surface area contributed by atoms with Gasteiger partial charge in [-0.05, 0) is 61.8 Å². The van der Waals surface area contributed by atoms with Crippen LogP contribution in [0.2, 0.25) is 0 Å². The topological polar surface area (TPSA) is 60.5 Å². The fourth-order valence-corrected chi connectivity index (χ4v) is 6.31. The van der Waals surface area contributed by atoms with Gasteiger partial charge in [0, 0.05) is 11.1 Å². The molecule has 1 unspecified atom stereocenters. The van der Waals surface area contributed by atoms with Gasteiger partial charge in [0.1, 0.15) is 12.0 Å². The van der Waals surface area contributed by atoms with Gasteiger partial charge in [-0.1, -0.05) is 158 Å². The summed E-state index contributed by atoms with van der Waals surface area (Å²) in [6.07, 6.45) is -0.233. The third-order valence-electron chi connectivity index (χ3n) is 8.83. The maximum absolute atomic E-state index is 9.13. The Balaban J connectivity index is 1.11. The summed E-state index contributed by atoms with van der Waals surface area (Å²) in [6.45, 7) is 0.